The summed E-state index contributed by atoms with van der Waals surface area (Å²) in [4.78, 5) is 4.55. The van der Waals surface area contributed by atoms with Gasteiger partial charge in [-0.3, -0.25) is 4.99 Å². The number of aliphatic imine (C=N–C) groups is 1. The summed E-state index contributed by atoms with van der Waals surface area (Å²) in [6.07, 6.45) is 8.05. The number of nitrogens with one attached hydrogen (secondary N) is 2. The van der Waals surface area contributed by atoms with Gasteiger partial charge in [-0.05, 0) is 36.5 Å². The van der Waals surface area contributed by atoms with Crippen molar-refractivity contribution in [1.29, 1.82) is 0 Å². The highest BCUT2D eigenvalue weighted by atomic mass is 127. The quantitative estimate of drug-likeness (QED) is 0.245. The fourth-order valence-corrected chi connectivity index (χ4v) is 4.19. The summed E-state index contributed by atoms with van der Waals surface area (Å²) in [5.74, 6) is 1.70. The summed E-state index contributed by atoms with van der Waals surface area (Å²) in [5.41, 5.74) is 1.01. The van der Waals surface area contributed by atoms with Crippen molar-refractivity contribution in [2.75, 3.05) is 27.7 Å². The van der Waals surface area contributed by atoms with Gasteiger partial charge in [-0.15, -0.1) is 24.0 Å². The molecule has 154 valence electrons. The van der Waals surface area contributed by atoms with E-state index >= 15 is 0 Å². The van der Waals surface area contributed by atoms with Crippen LogP contribution in [0.5, 0.6) is 0 Å². The highest BCUT2D eigenvalue weighted by Crippen LogP contribution is 2.28. The Morgan fingerprint density at radius 3 is 2.33 bits per heavy atom. The Bertz CT molecular complexity index is 684. The molecule has 0 spiro atoms. The molecule has 0 unspecified atom stereocenters. The predicted molar refractivity (Wildman–Crippen MR) is 122 cm³/mol. The van der Waals surface area contributed by atoms with Gasteiger partial charge in [0.15, 0.2) is 5.96 Å². The van der Waals surface area contributed by atoms with Crippen LogP contribution in [0.2, 0.25) is 0 Å². The number of benzene rings is 1. The van der Waals surface area contributed by atoms with Crippen LogP contribution in [0.25, 0.3) is 0 Å². The summed E-state index contributed by atoms with van der Waals surface area (Å²) in [7, 11) is 1.46. The van der Waals surface area contributed by atoms with Gasteiger partial charge < -0.3 is 10.6 Å². The minimum atomic E-state index is -3.37. The van der Waals surface area contributed by atoms with Gasteiger partial charge in [0.2, 0.25) is 10.0 Å². The molecular formula is C19H33IN4O2S. The second-order valence-electron chi connectivity index (χ2n) is 7.08. The number of rotatable bonds is 8. The number of sulfonamides is 1. The molecule has 1 fully saturated rings. The van der Waals surface area contributed by atoms with E-state index in [1.807, 2.05) is 12.1 Å². The van der Waals surface area contributed by atoms with E-state index in [9.17, 15) is 8.42 Å². The molecule has 2 rings (SSSR count). The van der Waals surface area contributed by atoms with Crippen molar-refractivity contribution in [3.63, 3.8) is 0 Å². The van der Waals surface area contributed by atoms with Crippen LogP contribution < -0.4 is 10.6 Å². The maximum atomic E-state index is 12.1. The lowest BCUT2D eigenvalue weighted by atomic mass is 10.0. The summed E-state index contributed by atoms with van der Waals surface area (Å²) >= 11 is 0. The lowest BCUT2D eigenvalue weighted by Crippen LogP contribution is -2.37. The first-order valence-corrected chi connectivity index (χ1v) is 10.8. The number of halogens is 1. The molecule has 0 bridgehead atoms. The second kappa shape index (κ2) is 11.9. The zero-order valence-corrected chi connectivity index (χ0v) is 19.7. The Morgan fingerprint density at radius 1 is 1.15 bits per heavy atom. The van der Waals surface area contributed by atoms with Crippen LogP contribution in [-0.2, 0) is 16.6 Å². The largest absolute Gasteiger partial charge is 0.356 e. The van der Waals surface area contributed by atoms with Crippen molar-refractivity contribution in [3.8, 4) is 0 Å². The molecule has 1 aliphatic rings. The van der Waals surface area contributed by atoms with Gasteiger partial charge in [-0.2, -0.15) is 0 Å². The Kier molecular flexibility index (Phi) is 10.6. The first-order valence-electron chi connectivity index (χ1n) is 9.39. The topological polar surface area (TPSA) is 73.8 Å². The normalized spacial score (nSPS) is 15.6. The molecule has 1 aromatic rings. The molecule has 0 heterocycles. The molecule has 27 heavy (non-hydrogen) atoms. The fraction of sp³-hybridized carbons (Fsp3) is 0.632. The van der Waals surface area contributed by atoms with Crippen molar-refractivity contribution >= 4 is 40.0 Å². The third kappa shape index (κ3) is 7.57. The minimum absolute atomic E-state index is 0. The van der Waals surface area contributed by atoms with E-state index in [1.165, 1.54) is 56.9 Å². The van der Waals surface area contributed by atoms with Crippen molar-refractivity contribution in [2.45, 2.75) is 50.0 Å². The van der Waals surface area contributed by atoms with Crippen LogP contribution in [0.15, 0.2) is 34.2 Å². The smallest absolute Gasteiger partial charge is 0.242 e. The minimum Gasteiger partial charge on any atom is -0.356 e. The van der Waals surface area contributed by atoms with E-state index in [0.717, 1.165) is 24.0 Å². The van der Waals surface area contributed by atoms with E-state index < -0.39 is 10.0 Å². The zero-order chi connectivity index (χ0) is 19.0. The summed E-state index contributed by atoms with van der Waals surface area (Å²) < 4.78 is 25.4. The SMILES string of the molecule is CN=C(NCCCC1CCCC1)NCc1ccc(S(=O)(=O)N(C)C)cc1.I. The molecule has 6 nitrogen and oxygen atoms in total. The first-order chi connectivity index (χ1) is 12.4. The monoisotopic (exact) mass is 508 g/mol. The van der Waals surface area contributed by atoms with Crippen LogP contribution in [0.3, 0.4) is 0 Å². The molecule has 1 aliphatic carbocycles. The van der Waals surface area contributed by atoms with Crippen LogP contribution in [0.1, 0.15) is 44.1 Å². The van der Waals surface area contributed by atoms with Gasteiger partial charge in [0.25, 0.3) is 0 Å². The summed E-state index contributed by atoms with van der Waals surface area (Å²) in [6.45, 7) is 1.53. The number of hydrogen-bond donors (Lipinski definition) is 2. The van der Waals surface area contributed by atoms with Crippen LogP contribution in [-0.4, -0.2) is 46.4 Å². The molecule has 8 heteroatoms. The zero-order valence-electron chi connectivity index (χ0n) is 16.6. The predicted octanol–water partition coefficient (Wildman–Crippen LogP) is 3.19. The van der Waals surface area contributed by atoms with Gasteiger partial charge in [-0.25, -0.2) is 12.7 Å². The van der Waals surface area contributed by atoms with Crippen LogP contribution >= 0.6 is 24.0 Å². The van der Waals surface area contributed by atoms with Gasteiger partial charge in [0, 0.05) is 34.2 Å². The molecule has 0 saturated heterocycles. The summed E-state index contributed by atoms with van der Waals surface area (Å²) in [5, 5.41) is 6.62. The van der Waals surface area contributed by atoms with Crippen LogP contribution in [0, 0.1) is 5.92 Å². The average Bonchev–Trinajstić information content (AvgIpc) is 3.15. The van der Waals surface area contributed by atoms with E-state index in [1.54, 1.807) is 19.2 Å². The third-order valence-corrected chi connectivity index (χ3v) is 6.77. The van der Waals surface area contributed by atoms with Crippen LogP contribution in [0.4, 0.5) is 0 Å². The van der Waals surface area contributed by atoms with Crippen molar-refractivity contribution in [3.05, 3.63) is 29.8 Å². The molecule has 0 radical (unpaired) electrons. The molecule has 0 aromatic heterocycles. The first kappa shape index (κ1) is 24.2. The van der Waals surface area contributed by atoms with E-state index in [4.69, 9.17) is 0 Å². The Balaban J connectivity index is 0.00000364. The fourth-order valence-electron chi connectivity index (χ4n) is 3.29. The van der Waals surface area contributed by atoms with Crippen molar-refractivity contribution in [2.24, 2.45) is 10.9 Å². The highest BCUT2D eigenvalue weighted by molar-refractivity contribution is 14.0. The summed E-state index contributed by atoms with van der Waals surface area (Å²) in [6, 6.07) is 6.95. The second-order valence-corrected chi connectivity index (χ2v) is 9.23. The number of nitrogens with zero attached hydrogens (tertiary/aromatic N) is 2. The lowest BCUT2D eigenvalue weighted by Gasteiger charge is -2.14. The lowest BCUT2D eigenvalue weighted by molar-refractivity contribution is 0.481. The van der Waals surface area contributed by atoms with E-state index in [2.05, 4.69) is 15.6 Å². The van der Waals surface area contributed by atoms with E-state index in [0.29, 0.717) is 11.4 Å². The molecule has 0 aliphatic heterocycles. The van der Waals surface area contributed by atoms with Gasteiger partial charge in [0.05, 0.1) is 4.90 Å². The van der Waals surface area contributed by atoms with Crippen molar-refractivity contribution in [1.82, 2.24) is 14.9 Å². The van der Waals surface area contributed by atoms with E-state index in [-0.39, 0.29) is 24.0 Å². The molecule has 1 saturated carbocycles. The van der Waals surface area contributed by atoms with Gasteiger partial charge in [0.1, 0.15) is 0 Å². The standard InChI is InChI=1S/C19H32N4O2S.HI/c1-20-19(21-14-6-9-16-7-4-5-8-16)22-15-17-10-12-18(13-11-17)26(24,25)23(2)3;/h10-13,16H,4-9,14-15H2,1-3H3,(H2,20,21,22);1H. The molecule has 1 aromatic carbocycles. The average molecular weight is 508 g/mol. The Hall–Kier alpha value is -0.870. The Labute approximate surface area is 181 Å². The molecule has 0 amide bonds. The number of guanidine groups is 1. The maximum absolute atomic E-state index is 12.1. The molecular weight excluding hydrogens is 475 g/mol. The molecule has 0 atom stereocenters. The van der Waals surface area contributed by atoms with Gasteiger partial charge >= 0.3 is 0 Å². The van der Waals surface area contributed by atoms with Crippen molar-refractivity contribution < 1.29 is 8.42 Å². The number of hydrogen-bond acceptors (Lipinski definition) is 3. The highest BCUT2D eigenvalue weighted by Gasteiger charge is 2.16. The Morgan fingerprint density at radius 2 is 1.78 bits per heavy atom. The molecule has 2 N–H and O–H groups in total. The maximum Gasteiger partial charge on any atom is 0.242 e. The van der Waals surface area contributed by atoms with Gasteiger partial charge in [-0.1, -0.05) is 37.8 Å². The third-order valence-electron chi connectivity index (χ3n) is 4.94.